The van der Waals surface area contributed by atoms with Gasteiger partial charge in [0.25, 0.3) is 5.56 Å². The van der Waals surface area contributed by atoms with Gasteiger partial charge in [-0.15, -0.1) is 0 Å². The molecule has 6 heteroatoms. The lowest BCUT2D eigenvalue weighted by Crippen LogP contribution is -2.21. The molecule has 21 heavy (non-hydrogen) atoms. The Labute approximate surface area is 121 Å². The minimum atomic E-state index is -1.09. The molecule has 2 aromatic heterocycles. The monoisotopic (exact) mass is 289 g/mol. The van der Waals surface area contributed by atoms with Crippen molar-refractivity contribution in [3.05, 3.63) is 33.9 Å². The van der Waals surface area contributed by atoms with E-state index in [1.807, 2.05) is 0 Å². The molecule has 2 N–H and O–H groups in total. The van der Waals surface area contributed by atoms with Gasteiger partial charge in [0.05, 0.1) is 0 Å². The summed E-state index contributed by atoms with van der Waals surface area (Å²) in [4.78, 5) is 27.4. The van der Waals surface area contributed by atoms with Gasteiger partial charge in [-0.2, -0.15) is 0 Å². The van der Waals surface area contributed by atoms with Crippen LogP contribution >= 0.6 is 0 Å². The molecule has 0 aromatic carbocycles. The normalized spacial score (nSPS) is 16.4. The number of aryl methyl sites for hydroxylation is 1. The summed E-state index contributed by atoms with van der Waals surface area (Å²) in [6, 6.07) is 1.37. The summed E-state index contributed by atoms with van der Waals surface area (Å²) in [6.45, 7) is 0. The van der Waals surface area contributed by atoms with Crippen LogP contribution in [0.3, 0.4) is 0 Å². The molecule has 112 valence electrons. The molecule has 0 unspecified atom stereocenters. The van der Waals surface area contributed by atoms with Crippen molar-refractivity contribution in [2.75, 3.05) is 0 Å². The number of aromatic amines is 1. The molecule has 3 rings (SSSR count). The summed E-state index contributed by atoms with van der Waals surface area (Å²) in [5.41, 5.74) is 0.781. The van der Waals surface area contributed by atoms with Gasteiger partial charge in [0.2, 0.25) is 0 Å². The van der Waals surface area contributed by atoms with Crippen molar-refractivity contribution < 1.29 is 9.90 Å². The van der Waals surface area contributed by atoms with Crippen molar-refractivity contribution in [1.82, 2.24) is 14.6 Å². The lowest BCUT2D eigenvalue weighted by molar-refractivity contribution is 0.0690. The third-order valence-electron chi connectivity index (χ3n) is 4.34. The average molecular weight is 289 g/mol. The number of hydrogen-bond acceptors (Lipinski definition) is 3. The minimum Gasteiger partial charge on any atom is -0.477 e. The molecule has 0 saturated heterocycles. The summed E-state index contributed by atoms with van der Waals surface area (Å²) in [7, 11) is 0. The third kappa shape index (κ3) is 2.84. The van der Waals surface area contributed by atoms with Gasteiger partial charge in [-0.3, -0.25) is 9.89 Å². The number of carboxylic acids is 1. The van der Waals surface area contributed by atoms with Crippen LogP contribution in [0.25, 0.3) is 5.65 Å². The highest BCUT2D eigenvalue weighted by atomic mass is 16.4. The van der Waals surface area contributed by atoms with Crippen LogP contribution in [0.4, 0.5) is 0 Å². The number of fused-ring (bicyclic) bond motifs is 1. The number of hydrogen-bond donors (Lipinski definition) is 2. The molecule has 1 aliphatic carbocycles. The van der Waals surface area contributed by atoms with Gasteiger partial charge in [0.15, 0.2) is 5.65 Å². The molecule has 0 amide bonds. The van der Waals surface area contributed by atoms with Crippen molar-refractivity contribution >= 4 is 11.6 Å². The maximum Gasteiger partial charge on any atom is 0.353 e. The van der Waals surface area contributed by atoms with Crippen LogP contribution in [0, 0.1) is 5.92 Å². The van der Waals surface area contributed by atoms with E-state index in [9.17, 15) is 9.59 Å². The molecule has 6 nitrogen and oxygen atoms in total. The number of carboxylic acid groups (broad SMARTS) is 1. The molecule has 2 aromatic rings. The van der Waals surface area contributed by atoms with Crippen LogP contribution in [0.2, 0.25) is 0 Å². The molecule has 0 aliphatic heterocycles. The summed E-state index contributed by atoms with van der Waals surface area (Å²) in [5.74, 6) is -0.388. The van der Waals surface area contributed by atoms with Gasteiger partial charge < -0.3 is 5.11 Å². The van der Waals surface area contributed by atoms with Crippen molar-refractivity contribution in [2.24, 2.45) is 5.92 Å². The van der Waals surface area contributed by atoms with Gasteiger partial charge in [-0.1, -0.05) is 32.1 Å². The average Bonchev–Trinajstić information content (AvgIpc) is 2.93. The first-order valence-corrected chi connectivity index (χ1v) is 7.48. The second kappa shape index (κ2) is 5.71. The molecule has 1 aliphatic rings. The summed E-state index contributed by atoms with van der Waals surface area (Å²) < 4.78 is 1.22. The van der Waals surface area contributed by atoms with E-state index in [0.717, 1.165) is 6.42 Å². The Balaban J connectivity index is 1.80. The number of rotatable bonds is 4. The highest BCUT2D eigenvalue weighted by Gasteiger charge is 2.16. The van der Waals surface area contributed by atoms with Gasteiger partial charge in [-0.25, -0.2) is 14.3 Å². The zero-order chi connectivity index (χ0) is 14.8. The SMILES string of the molecule is O=C(O)c1cc2ncc(CCC3CCCCC3)c(=O)n2[nH]1. The van der Waals surface area contributed by atoms with Crippen LogP contribution in [0.15, 0.2) is 17.1 Å². The van der Waals surface area contributed by atoms with Crippen LogP contribution in [-0.2, 0) is 6.42 Å². The topological polar surface area (TPSA) is 87.5 Å². The van der Waals surface area contributed by atoms with Gasteiger partial charge in [0.1, 0.15) is 5.69 Å². The molecular formula is C15H19N3O3. The van der Waals surface area contributed by atoms with E-state index in [4.69, 9.17) is 5.11 Å². The van der Waals surface area contributed by atoms with Crippen molar-refractivity contribution in [2.45, 2.75) is 44.9 Å². The molecule has 0 bridgehead atoms. The highest BCUT2D eigenvalue weighted by Crippen LogP contribution is 2.27. The van der Waals surface area contributed by atoms with Crippen LogP contribution in [0.5, 0.6) is 0 Å². The lowest BCUT2D eigenvalue weighted by Gasteiger charge is -2.21. The maximum absolute atomic E-state index is 12.3. The van der Waals surface area contributed by atoms with Crippen LogP contribution < -0.4 is 5.56 Å². The molecule has 1 fully saturated rings. The fourth-order valence-electron chi connectivity index (χ4n) is 3.11. The first-order valence-electron chi connectivity index (χ1n) is 7.48. The van der Waals surface area contributed by atoms with Crippen molar-refractivity contribution in [1.29, 1.82) is 0 Å². The Morgan fingerprint density at radius 1 is 1.38 bits per heavy atom. The smallest absolute Gasteiger partial charge is 0.353 e. The Morgan fingerprint density at radius 3 is 2.86 bits per heavy atom. The molecular weight excluding hydrogens is 270 g/mol. The van der Waals surface area contributed by atoms with Crippen LogP contribution in [-0.4, -0.2) is 25.7 Å². The molecule has 0 atom stereocenters. The number of carbonyl (C=O) groups is 1. The summed E-state index contributed by atoms with van der Waals surface area (Å²) in [6.07, 6.45) is 9.72. The molecule has 0 spiro atoms. The zero-order valence-electron chi connectivity index (χ0n) is 11.8. The van der Waals surface area contributed by atoms with E-state index < -0.39 is 5.97 Å². The largest absolute Gasteiger partial charge is 0.477 e. The van der Waals surface area contributed by atoms with Gasteiger partial charge >= 0.3 is 5.97 Å². The minimum absolute atomic E-state index is 0.0240. The second-order valence-electron chi connectivity index (χ2n) is 5.80. The fraction of sp³-hybridized carbons (Fsp3) is 0.533. The second-order valence-corrected chi connectivity index (χ2v) is 5.80. The predicted molar refractivity (Wildman–Crippen MR) is 77.7 cm³/mol. The third-order valence-corrected chi connectivity index (χ3v) is 4.34. The standard InChI is InChI=1S/C15H19N3O3/c19-14-11(7-6-10-4-2-1-3-5-10)9-16-13-8-12(15(20)21)17-18(13)14/h8-10,17H,1-7H2,(H,20,21). The first kappa shape index (κ1) is 13.9. The van der Waals surface area contributed by atoms with E-state index in [1.165, 1.54) is 42.7 Å². The van der Waals surface area contributed by atoms with Crippen molar-refractivity contribution in [3.8, 4) is 0 Å². The number of H-pyrrole nitrogens is 1. The number of nitrogens with zero attached hydrogens (tertiary/aromatic N) is 2. The zero-order valence-corrected chi connectivity index (χ0v) is 11.8. The lowest BCUT2D eigenvalue weighted by atomic mass is 9.85. The van der Waals surface area contributed by atoms with Gasteiger partial charge in [-0.05, 0) is 18.8 Å². The Hall–Kier alpha value is -2.11. The van der Waals surface area contributed by atoms with E-state index in [0.29, 0.717) is 23.5 Å². The Kier molecular flexibility index (Phi) is 3.77. The molecule has 2 heterocycles. The van der Waals surface area contributed by atoms with E-state index in [2.05, 4.69) is 10.1 Å². The molecule has 0 radical (unpaired) electrons. The van der Waals surface area contributed by atoms with E-state index >= 15 is 0 Å². The van der Waals surface area contributed by atoms with Crippen LogP contribution in [0.1, 0.15) is 54.6 Å². The number of aromatic nitrogens is 3. The number of aromatic carboxylic acids is 1. The number of nitrogens with one attached hydrogen (secondary N) is 1. The fourth-order valence-corrected chi connectivity index (χ4v) is 3.11. The first-order chi connectivity index (χ1) is 10.1. The van der Waals surface area contributed by atoms with E-state index in [1.54, 1.807) is 6.20 Å². The quantitative estimate of drug-likeness (QED) is 0.903. The Morgan fingerprint density at radius 2 is 2.14 bits per heavy atom. The van der Waals surface area contributed by atoms with E-state index in [-0.39, 0.29) is 11.3 Å². The predicted octanol–water partition coefficient (Wildman–Crippen LogP) is 2.23. The van der Waals surface area contributed by atoms with Gasteiger partial charge in [0, 0.05) is 17.8 Å². The Bertz CT molecular complexity index is 711. The molecule has 1 saturated carbocycles. The summed E-state index contributed by atoms with van der Waals surface area (Å²) >= 11 is 0. The maximum atomic E-state index is 12.3. The highest BCUT2D eigenvalue weighted by molar-refractivity contribution is 5.86. The van der Waals surface area contributed by atoms with Crippen molar-refractivity contribution in [3.63, 3.8) is 0 Å². The summed E-state index contributed by atoms with van der Waals surface area (Å²) in [5, 5.41) is 11.5.